The molecule has 1 fully saturated rings. The van der Waals surface area contributed by atoms with Crippen LogP contribution in [-0.4, -0.2) is 38.7 Å². The number of rotatable bonds is 2. The first kappa shape index (κ1) is 12.7. The Morgan fingerprint density at radius 2 is 2.29 bits per heavy atom. The van der Waals surface area contributed by atoms with E-state index in [0.717, 1.165) is 25.4 Å². The average Bonchev–Trinajstić information content (AvgIpc) is 2.54. The summed E-state index contributed by atoms with van der Waals surface area (Å²) in [6.07, 6.45) is 1.19. The van der Waals surface area contributed by atoms with Crippen LogP contribution in [0.1, 0.15) is 18.0 Å². The standard InChI is InChI=1S/C13H19ClN2O/c1-16-7-3-6-15-9-12(16)10-4-5-13(17-2)11(14)8-10/h4-5,8,12,15H,3,6-7,9H2,1-2H3. The van der Waals surface area contributed by atoms with Crippen molar-refractivity contribution in [3.63, 3.8) is 0 Å². The second kappa shape index (κ2) is 5.71. The molecule has 0 saturated carbocycles. The maximum Gasteiger partial charge on any atom is 0.137 e. The molecular formula is C13H19ClN2O. The molecule has 17 heavy (non-hydrogen) atoms. The summed E-state index contributed by atoms with van der Waals surface area (Å²) >= 11 is 6.17. The molecule has 1 N–H and O–H groups in total. The molecule has 0 aromatic heterocycles. The van der Waals surface area contributed by atoms with E-state index in [4.69, 9.17) is 16.3 Å². The van der Waals surface area contributed by atoms with E-state index in [2.05, 4.69) is 23.3 Å². The van der Waals surface area contributed by atoms with Crippen LogP contribution >= 0.6 is 11.6 Å². The fourth-order valence-corrected chi connectivity index (χ4v) is 2.53. The molecule has 0 amide bonds. The molecule has 0 spiro atoms. The average molecular weight is 255 g/mol. The minimum atomic E-state index is 0.390. The SMILES string of the molecule is COc1ccc(C2CNCCCN2C)cc1Cl. The largest absolute Gasteiger partial charge is 0.495 e. The van der Waals surface area contributed by atoms with E-state index >= 15 is 0 Å². The molecule has 1 aliphatic rings. The summed E-state index contributed by atoms with van der Waals surface area (Å²) in [6, 6.07) is 6.44. The molecule has 0 aliphatic carbocycles. The van der Waals surface area contributed by atoms with Gasteiger partial charge in [0.15, 0.2) is 0 Å². The molecule has 94 valence electrons. The first-order valence-corrected chi connectivity index (χ1v) is 6.34. The van der Waals surface area contributed by atoms with E-state index < -0.39 is 0 Å². The maximum atomic E-state index is 6.17. The van der Waals surface area contributed by atoms with Crippen molar-refractivity contribution in [2.24, 2.45) is 0 Å². The zero-order chi connectivity index (χ0) is 12.3. The summed E-state index contributed by atoms with van der Waals surface area (Å²) in [6.45, 7) is 3.17. The van der Waals surface area contributed by atoms with Gasteiger partial charge in [0, 0.05) is 12.6 Å². The van der Waals surface area contributed by atoms with Crippen LogP contribution in [0.15, 0.2) is 18.2 Å². The van der Waals surface area contributed by atoms with Gasteiger partial charge in [-0.2, -0.15) is 0 Å². The van der Waals surface area contributed by atoms with Crippen LogP contribution in [0.25, 0.3) is 0 Å². The van der Waals surface area contributed by atoms with Gasteiger partial charge in [0.2, 0.25) is 0 Å². The second-order valence-corrected chi connectivity index (χ2v) is 4.86. The molecular weight excluding hydrogens is 236 g/mol. The molecule has 4 heteroatoms. The van der Waals surface area contributed by atoms with Gasteiger partial charge in [0.1, 0.15) is 5.75 Å². The molecule has 1 atom stereocenters. The van der Waals surface area contributed by atoms with Crippen LogP contribution in [0.4, 0.5) is 0 Å². The highest BCUT2D eigenvalue weighted by molar-refractivity contribution is 6.32. The van der Waals surface area contributed by atoms with Crippen molar-refractivity contribution in [3.8, 4) is 5.75 Å². The Kier molecular flexibility index (Phi) is 4.26. The van der Waals surface area contributed by atoms with E-state index in [1.807, 2.05) is 12.1 Å². The molecule has 0 radical (unpaired) electrons. The fraction of sp³-hybridized carbons (Fsp3) is 0.538. The molecule has 1 unspecified atom stereocenters. The lowest BCUT2D eigenvalue weighted by atomic mass is 10.1. The van der Waals surface area contributed by atoms with Crippen LogP contribution in [0, 0.1) is 0 Å². The molecule has 3 nitrogen and oxygen atoms in total. The number of nitrogens with one attached hydrogen (secondary N) is 1. The second-order valence-electron chi connectivity index (χ2n) is 4.45. The van der Waals surface area contributed by atoms with Crippen molar-refractivity contribution in [3.05, 3.63) is 28.8 Å². The monoisotopic (exact) mass is 254 g/mol. The summed E-state index contributed by atoms with van der Waals surface area (Å²) in [7, 11) is 3.80. The highest BCUT2D eigenvalue weighted by atomic mass is 35.5. The van der Waals surface area contributed by atoms with Crippen molar-refractivity contribution >= 4 is 11.6 Å². The Bertz CT molecular complexity index is 384. The number of likely N-dealkylation sites (N-methyl/N-ethyl adjacent to an activating group) is 1. The number of hydrogen-bond donors (Lipinski definition) is 1. The lowest BCUT2D eigenvalue weighted by Gasteiger charge is -2.26. The Morgan fingerprint density at radius 1 is 1.47 bits per heavy atom. The van der Waals surface area contributed by atoms with Crippen molar-refractivity contribution < 1.29 is 4.74 Å². The fourth-order valence-electron chi connectivity index (χ4n) is 2.27. The molecule has 1 saturated heterocycles. The molecule has 1 aliphatic heterocycles. The highest BCUT2D eigenvalue weighted by Crippen LogP contribution is 2.29. The lowest BCUT2D eigenvalue weighted by Crippen LogP contribution is -2.29. The van der Waals surface area contributed by atoms with Crippen LogP contribution in [-0.2, 0) is 0 Å². The number of benzene rings is 1. The minimum absolute atomic E-state index is 0.390. The quantitative estimate of drug-likeness (QED) is 0.877. The predicted molar refractivity (Wildman–Crippen MR) is 70.9 cm³/mol. The summed E-state index contributed by atoms with van der Waals surface area (Å²) in [5.74, 6) is 0.736. The van der Waals surface area contributed by atoms with Crippen molar-refractivity contribution in [2.45, 2.75) is 12.5 Å². The summed E-state index contributed by atoms with van der Waals surface area (Å²) in [5.41, 5.74) is 1.24. The molecule has 1 heterocycles. The Morgan fingerprint density at radius 3 is 3.00 bits per heavy atom. The molecule has 1 aromatic rings. The van der Waals surface area contributed by atoms with Crippen molar-refractivity contribution in [1.82, 2.24) is 10.2 Å². The van der Waals surface area contributed by atoms with E-state index in [0.29, 0.717) is 11.1 Å². The number of nitrogens with zero attached hydrogens (tertiary/aromatic N) is 1. The molecule has 2 rings (SSSR count). The van der Waals surface area contributed by atoms with Gasteiger partial charge in [-0.05, 0) is 44.3 Å². The van der Waals surface area contributed by atoms with E-state index in [1.165, 1.54) is 12.0 Å². The third-order valence-electron chi connectivity index (χ3n) is 3.29. The zero-order valence-corrected chi connectivity index (χ0v) is 11.1. The maximum absolute atomic E-state index is 6.17. The van der Waals surface area contributed by atoms with Gasteiger partial charge >= 0.3 is 0 Å². The van der Waals surface area contributed by atoms with Crippen molar-refractivity contribution in [2.75, 3.05) is 33.8 Å². The topological polar surface area (TPSA) is 24.5 Å². The van der Waals surface area contributed by atoms with E-state index in [1.54, 1.807) is 7.11 Å². The summed E-state index contributed by atoms with van der Waals surface area (Å²) < 4.78 is 5.18. The third kappa shape index (κ3) is 2.92. The van der Waals surface area contributed by atoms with Crippen LogP contribution in [0.3, 0.4) is 0 Å². The molecule has 1 aromatic carbocycles. The van der Waals surface area contributed by atoms with Gasteiger partial charge in [-0.3, -0.25) is 4.90 Å². The van der Waals surface area contributed by atoms with Gasteiger partial charge in [-0.25, -0.2) is 0 Å². The van der Waals surface area contributed by atoms with E-state index in [9.17, 15) is 0 Å². The summed E-state index contributed by atoms with van der Waals surface area (Å²) in [4.78, 5) is 2.37. The normalized spacial score (nSPS) is 22.2. The first-order valence-electron chi connectivity index (χ1n) is 5.97. The van der Waals surface area contributed by atoms with Gasteiger partial charge in [0.05, 0.1) is 12.1 Å². The number of hydrogen-bond acceptors (Lipinski definition) is 3. The zero-order valence-electron chi connectivity index (χ0n) is 10.4. The third-order valence-corrected chi connectivity index (χ3v) is 3.59. The van der Waals surface area contributed by atoms with Gasteiger partial charge in [-0.1, -0.05) is 17.7 Å². The van der Waals surface area contributed by atoms with Crippen LogP contribution in [0.2, 0.25) is 5.02 Å². The Hall–Kier alpha value is -0.770. The number of methoxy groups -OCH3 is 1. The Labute approximate surface area is 108 Å². The van der Waals surface area contributed by atoms with Gasteiger partial charge in [-0.15, -0.1) is 0 Å². The van der Waals surface area contributed by atoms with Crippen LogP contribution in [0.5, 0.6) is 5.75 Å². The molecule has 0 bridgehead atoms. The minimum Gasteiger partial charge on any atom is -0.495 e. The van der Waals surface area contributed by atoms with Gasteiger partial charge < -0.3 is 10.1 Å². The first-order chi connectivity index (χ1) is 8.22. The Balaban J connectivity index is 2.22. The number of ether oxygens (including phenoxy) is 1. The van der Waals surface area contributed by atoms with Gasteiger partial charge in [0.25, 0.3) is 0 Å². The highest BCUT2D eigenvalue weighted by Gasteiger charge is 2.19. The predicted octanol–water partition coefficient (Wildman–Crippen LogP) is 2.31. The lowest BCUT2D eigenvalue weighted by molar-refractivity contribution is 0.261. The smallest absolute Gasteiger partial charge is 0.137 e. The van der Waals surface area contributed by atoms with E-state index in [-0.39, 0.29) is 0 Å². The van der Waals surface area contributed by atoms with Crippen LogP contribution < -0.4 is 10.1 Å². The summed E-state index contributed by atoms with van der Waals surface area (Å²) in [5, 5.41) is 4.14. The van der Waals surface area contributed by atoms with Crippen molar-refractivity contribution in [1.29, 1.82) is 0 Å². The number of halogens is 1.